The predicted molar refractivity (Wildman–Crippen MR) is 263 cm³/mol. The lowest BCUT2D eigenvalue weighted by Gasteiger charge is -2.19. The van der Waals surface area contributed by atoms with Crippen molar-refractivity contribution in [3.63, 3.8) is 0 Å². The predicted octanol–water partition coefficient (Wildman–Crippen LogP) is 15.8. The van der Waals surface area contributed by atoms with Gasteiger partial charge in [-0.3, -0.25) is 15.0 Å². The fraction of sp³-hybridized carbons (Fsp3) is 0.0500. The first-order valence-electron chi connectivity index (χ1n) is 21.5. The molecule has 0 unspecified atom stereocenters. The van der Waals surface area contributed by atoms with Crippen LogP contribution in [-0.2, 0) is 0 Å². The molecule has 300 valence electrons. The molecule has 0 N–H and O–H groups in total. The van der Waals surface area contributed by atoms with Crippen LogP contribution in [0.4, 0.5) is 0 Å². The van der Waals surface area contributed by atoms with Crippen molar-refractivity contribution >= 4 is 0 Å². The summed E-state index contributed by atoms with van der Waals surface area (Å²) in [4.78, 5) is 13.9. The quantitative estimate of drug-likeness (QED) is 0.146. The molecule has 3 heterocycles. The number of benzene rings is 7. The van der Waals surface area contributed by atoms with Crippen molar-refractivity contribution in [3.8, 4) is 101 Å². The van der Waals surface area contributed by atoms with Crippen molar-refractivity contribution in [1.29, 1.82) is 0 Å². The molecule has 0 bridgehead atoms. The third kappa shape index (κ3) is 7.89. The van der Waals surface area contributed by atoms with Gasteiger partial charge >= 0.3 is 0 Å². The van der Waals surface area contributed by atoms with Crippen LogP contribution in [0.5, 0.6) is 0 Å². The normalized spacial score (nSPS) is 11.1. The molecule has 7 aromatic carbocycles. The summed E-state index contributed by atoms with van der Waals surface area (Å²) in [5.41, 5.74) is 24.0. The van der Waals surface area contributed by atoms with Gasteiger partial charge in [0.25, 0.3) is 0 Å². The number of aryl methyl sites for hydroxylation is 3. The minimum absolute atomic E-state index is 0.971. The van der Waals surface area contributed by atoms with E-state index in [0.29, 0.717) is 0 Å². The number of rotatable bonds is 9. The molecule has 0 aliphatic carbocycles. The molecule has 0 aliphatic rings. The van der Waals surface area contributed by atoms with Crippen molar-refractivity contribution in [2.24, 2.45) is 0 Å². The zero-order valence-electron chi connectivity index (χ0n) is 35.6. The summed E-state index contributed by atoms with van der Waals surface area (Å²) in [5.74, 6) is 0. The molecule has 3 aromatic heterocycles. The molecule has 3 nitrogen and oxygen atoms in total. The summed E-state index contributed by atoms with van der Waals surface area (Å²) in [6, 6.07) is 71.9. The Morgan fingerprint density at radius 1 is 0.222 bits per heavy atom. The van der Waals surface area contributed by atoms with Gasteiger partial charge in [-0.1, -0.05) is 127 Å². The van der Waals surface area contributed by atoms with Gasteiger partial charge in [0.15, 0.2) is 0 Å². The van der Waals surface area contributed by atoms with Crippen LogP contribution in [0.15, 0.2) is 219 Å². The van der Waals surface area contributed by atoms with E-state index in [-0.39, 0.29) is 0 Å². The van der Waals surface area contributed by atoms with E-state index in [1.54, 1.807) is 0 Å². The summed E-state index contributed by atoms with van der Waals surface area (Å²) in [6.45, 7) is 6.61. The topological polar surface area (TPSA) is 38.7 Å². The Hall–Kier alpha value is -8.01. The minimum atomic E-state index is 0.971. The van der Waals surface area contributed by atoms with Gasteiger partial charge < -0.3 is 0 Å². The number of nitrogens with zero attached hydrogens (tertiary/aromatic N) is 3. The number of hydrogen-bond acceptors (Lipinski definition) is 3. The van der Waals surface area contributed by atoms with Crippen molar-refractivity contribution < 1.29 is 0 Å². The molecular weight excluding hydrogens is 763 g/mol. The third-order valence-electron chi connectivity index (χ3n) is 12.1. The highest BCUT2D eigenvalue weighted by atomic mass is 14.7. The Morgan fingerprint density at radius 3 is 0.746 bits per heavy atom. The first-order chi connectivity index (χ1) is 31.0. The van der Waals surface area contributed by atoms with Crippen LogP contribution >= 0.6 is 0 Å². The second-order valence-electron chi connectivity index (χ2n) is 16.2. The van der Waals surface area contributed by atoms with E-state index in [4.69, 9.17) is 0 Å². The van der Waals surface area contributed by atoms with Gasteiger partial charge in [0, 0.05) is 35.3 Å². The maximum atomic E-state index is 4.63. The Bertz CT molecular complexity index is 2880. The maximum absolute atomic E-state index is 4.63. The minimum Gasteiger partial charge on any atom is -0.256 e. The van der Waals surface area contributed by atoms with Gasteiger partial charge in [0.05, 0.1) is 17.1 Å². The zero-order valence-corrected chi connectivity index (χ0v) is 35.6. The molecular formula is C60H45N3. The van der Waals surface area contributed by atoms with E-state index in [9.17, 15) is 0 Å². The van der Waals surface area contributed by atoms with Gasteiger partial charge in [0.2, 0.25) is 0 Å². The number of hydrogen-bond donors (Lipinski definition) is 0. The van der Waals surface area contributed by atoms with Crippen molar-refractivity contribution in [2.45, 2.75) is 20.8 Å². The largest absolute Gasteiger partial charge is 0.256 e. The number of aromatic nitrogens is 3. The first-order valence-corrected chi connectivity index (χ1v) is 21.5. The van der Waals surface area contributed by atoms with Crippen LogP contribution in [-0.4, -0.2) is 15.0 Å². The summed E-state index contributed by atoms with van der Waals surface area (Å²) in [7, 11) is 0. The molecule has 0 atom stereocenters. The molecule has 0 radical (unpaired) electrons. The average Bonchev–Trinajstić information content (AvgIpc) is 3.34. The van der Waals surface area contributed by atoms with Gasteiger partial charge in [-0.2, -0.15) is 0 Å². The van der Waals surface area contributed by atoms with Crippen LogP contribution in [0.3, 0.4) is 0 Å². The SMILES string of the molecule is Cc1cc(-c2ccccn2)ccc1-c1ccccc1-c1cc(-c2ccccc2-c2ccc(-c3ccccn3)cc2C)cc(-c2ccccc2-c2ccc(-c3ccccn3)cc2C)c1. The third-order valence-corrected chi connectivity index (χ3v) is 12.1. The molecule has 10 rings (SSSR count). The van der Waals surface area contributed by atoms with Gasteiger partial charge in [-0.05, 0) is 177 Å². The van der Waals surface area contributed by atoms with Crippen molar-refractivity contribution in [2.75, 3.05) is 0 Å². The molecule has 10 aromatic rings. The van der Waals surface area contributed by atoms with Gasteiger partial charge in [-0.15, -0.1) is 0 Å². The summed E-state index contributed by atoms with van der Waals surface area (Å²) < 4.78 is 0. The maximum Gasteiger partial charge on any atom is 0.0702 e. The highest BCUT2D eigenvalue weighted by Gasteiger charge is 2.18. The van der Waals surface area contributed by atoms with Crippen LogP contribution in [0.1, 0.15) is 16.7 Å². The van der Waals surface area contributed by atoms with Gasteiger partial charge in [0.1, 0.15) is 0 Å². The zero-order chi connectivity index (χ0) is 42.7. The Kier molecular flexibility index (Phi) is 10.7. The lowest BCUT2D eigenvalue weighted by atomic mass is 9.84. The summed E-state index contributed by atoms with van der Waals surface area (Å²) in [5, 5.41) is 0. The number of pyridine rings is 3. The highest BCUT2D eigenvalue weighted by molar-refractivity contribution is 5.95. The van der Waals surface area contributed by atoms with E-state index < -0.39 is 0 Å². The fourth-order valence-corrected chi connectivity index (χ4v) is 8.98. The van der Waals surface area contributed by atoms with E-state index >= 15 is 0 Å². The van der Waals surface area contributed by atoms with E-state index in [1.165, 1.54) is 66.8 Å². The molecule has 0 saturated heterocycles. The van der Waals surface area contributed by atoms with Crippen LogP contribution < -0.4 is 0 Å². The standard InChI is InChI=1S/C60H45N3/c1-40-34-43(58-22-10-13-31-61-58)25-28-49(40)55-19-7-4-16-52(55)46-37-47(53-17-5-8-20-56(53)50-29-26-44(35-41(50)2)59-23-11-14-32-62-59)39-48(38-46)54-18-6-9-21-57(54)51-30-27-45(36-42(51)3)60-24-12-15-33-63-60/h4-39H,1-3H3. The Balaban J connectivity index is 1.15. The lowest BCUT2D eigenvalue weighted by molar-refractivity contribution is 1.32. The molecule has 0 aliphatic heterocycles. The second kappa shape index (κ2) is 17.2. The van der Waals surface area contributed by atoms with Gasteiger partial charge in [-0.25, -0.2) is 0 Å². The molecule has 0 fully saturated rings. The summed E-state index contributed by atoms with van der Waals surface area (Å²) in [6.07, 6.45) is 5.56. The molecule has 0 saturated carbocycles. The Morgan fingerprint density at radius 2 is 0.492 bits per heavy atom. The lowest BCUT2D eigenvalue weighted by Crippen LogP contribution is -1.94. The van der Waals surface area contributed by atoms with Crippen molar-refractivity contribution in [3.05, 3.63) is 235 Å². The molecule has 0 amide bonds. The molecule has 63 heavy (non-hydrogen) atoms. The van der Waals surface area contributed by atoms with E-state index in [2.05, 4.69) is 200 Å². The first kappa shape index (κ1) is 39.1. The summed E-state index contributed by atoms with van der Waals surface area (Å²) >= 11 is 0. The highest BCUT2D eigenvalue weighted by Crippen LogP contribution is 2.44. The second-order valence-corrected chi connectivity index (χ2v) is 16.2. The smallest absolute Gasteiger partial charge is 0.0702 e. The van der Waals surface area contributed by atoms with Crippen LogP contribution in [0, 0.1) is 20.8 Å². The van der Waals surface area contributed by atoms with Crippen molar-refractivity contribution in [1.82, 2.24) is 15.0 Å². The average molecular weight is 808 g/mol. The van der Waals surface area contributed by atoms with Crippen LogP contribution in [0.25, 0.3) is 101 Å². The van der Waals surface area contributed by atoms with E-state index in [1.807, 2.05) is 55.0 Å². The monoisotopic (exact) mass is 807 g/mol. The van der Waals surface area contributed by atoms with Crippen LogP contribution in [0.2, 0.25) is 0 Å². The molecule has 3 heteroatoms. The molecule has 0 spiro atoms. The Labute approximate surface area is 370 Å². The fourth-order valence-electron chi connectivity index (χ4n) is 8.98. The van der Waals surface area contributed by atoms with E-state index in [0.717, 1.165) is 50.5 Å².